The minimum absolute atomic E-state index is 0.0108. The Kier molecular flexibility index (Phi) is 6.50. The van der Waals surface area contributed by atoms with Gasteiger partial charge in [-0.1, -0.05) is 6.42 Å². The molecule has 0 amide bonds. The number of aryl methyl sites for hydroxylation is 1. The van der Waals surface area contributed by atoms with Crippen LogP contribution in [-0.4, -0.2) is 39.8 Å². The van der Waals surface area contributed by atoms with Crippen LogP contribution in [0.25, 0.3) is 5.70 Å². The first-order valence-electron chi connectivity index (χ1n) is 11.2. The molecule has 2 fully saturated rings. The molecule has 2 heterocycles. The number of hydrazine groups is 1. The normalized spacial score (nSPS) is 19.1. The average Bonchev–Trinajstić information content (AvgIpc) is 3.23. The van der Waals surface area contributed by atoms with E-state index in [1.54, 1.807) is 7.05 Å². The topological polar surface area (TPSA) is 128 Å². The van der Waals surface area contributed by atoms with Crippen LogP contribution in [0.1, 0.15) is 68.6 Å². The number of alkyl halides is 1. The molecule has 2 saturated carbocycles. The van der Waals surface area contributed by atoms with E-state index < -0.39 is 5.67 Å². The van der Waals surface area contributed by atoms with Crippen molar-refractivity contribution in [2.75, 3.05) is 18.9 Å². The Morgan fingerprint density at radius 3 is 2.62 bits per heavy atom. The maximum atomic E-state index is 14.4. The number of anilines is 1. The third-order valence-corrected chi connectivity index (χ3v) is 6.27. The molecule has 174 valence electrons. The second-order valence-corrected chi connectivity index (χ2v) is 8.72. The molecule has 0 radical (unpaired) electrons. The Balaban J connectivity index is 1.46. The van der Waals surface area contributed by atoms with Crippen LogP contribution in [0.15, 0.2) is 22.4 Å². The van der Waals surface area contributed by atoms with Gasteiger partial charge >= 0.3 is 0 Å². The quantitative estimate of drug-likeness (QED) is 0.414. The Bertz CT molecular complexity index is 965. The largest absolute Gasteiger partial charge is 0.489 e. The van der Waals surface area contributed by atoms with Gasteiger partial charge < -0.3 is 25.3 Å². The molecule has 5 N–H and O–H groups in total. The number of hydrogen-bond donors (Lipinski definition) is 3. The average molecular weight is 446 g/mol. The van der Waals surface area contributed by atoms with Gasteiger partial charge in [0.25, 0.3) is 11.8 Å². The summed E-state index contributed by atoms with van der Waals surface area (Å²) in [6.45, 7) is 2.13. The summed E-state index contributed by atoms with van der Waals surface area (Å²) in [6.07, 6.45) is 7.74. The number of rotatable bonds is 8. The molecular weight excluding hydrogens is 413 g/mol. The highest BCUT2D eigenvalue weighted by Crippen LogP contribution is 2.44. The molecule has 0 unspecified atom stereocenters. The van der Waals surface area contributed by atoms with E-state index in [9.17, 15) is 4.39 Å². The maximum Gasteiger partial charge on any atom is 0.265 e. The van der Waals surface area contributed by atoms with Crippen LogP contribution in [0.4, 0.5) is 10.3 Å². The highest BCUT2D eigenvalue weighted by atomic mass is 19.1. The molecule has 9 nitrogen and oxygen atoms in total. The third-order valence-electron chi connectivity index (χ3n) is 6.27. The molecule has 0 bridgehead atoms. The number of pyridine rings is 1. The lowest BCUT2D eigenvalue weighted by Crippen LogP contribution is -2.32. The first-order chi connectivity index (χ1) is 15.4. The summed E-state index contributed by atoms with van der Waals surface area (Å²) in [5.74, 6) is 7.00. The van der Waals surface area contributed by atoms with Crippen molar-refractivity contribution in [1.82, 2.24) is 20.1 Å². The smallest absolute Gasteiger partial charge is 0.265 e. The van der Waals surface area contributed by atoms with Crippen LogP contribution in [0, 0.1) is 6.92 Å². The number of halogens is 1. The highest BCUT2D eigenvalue weighted by molar-refractivity contribution is 5.64. The standard InChI is InChI=1S/C22H32FN7O2/c1-14-18(31-15-7-4-3-5-8-15)10-9-16(27-14)19(24)17(30(2)25)13-26-21-28-20(32-29-21)22(23)11-6-12-22/h9-10,15H,3-8,11-13,24-25H2,1-2H3,(H,26,29)/b19-17-. The van der Waals surface area contributed by atoms with Crippen molar-refractivity contribution in [1.29, 1.82) is 0 Å². The summed E-state index contributed by atoms with van der Waals surface area (Å²) >= 11 is 0. The van der Waals surface area contributed by atoms with Crippen molar-refractivity contribution in [2.24, 2.45) is 11.6 Å². The minimum atomic E-state index is -1.50. The zero-order chi connectivity index (χ0) is 22.7. The fourth-order valence-electron chi connectivity index (χ4n) is 4.08. The zero-order valence-corrected chi connectivity index (χ0v) is 18.7. The van der Waals surface area contributed by atoms with Crippen LogP contribution in [0.3, 0.4) is 0 Å². The van der Waals surface area contributed by atoms with Gasteiger partial charge in [0.1, 0.15) is 5.75 Å². The predicted octanol–water partition coefficient (Wildman–Crippen LogP) is 3.38. The summed E-state index contributed by atoms with van der Waals surface area (Å²) in [5.41, 5.74) is 7.28. The Morgan fingerprint density at radius 1 is 1.25 bits per heavy atom. The van der Waals surface area contributed by atoms with Gasteiger partial charge in [-0.2, -0.15) is 4.98 Å². The molecule has 0 saturated heterocycles. The van der Waals surface area contributed by atoms with Crippen molar-refractivity contribution >= 4 is 11.6 Å². The van der Waals surface area contributed by atoms with Gasteiger partial charge in [-0.3, -0.25) is 0 Å². The highest BCUT2D eigenvalue weighted by Gasteiger charge is 2.44. The monoisotopic (exact) mass is 445 g/mol. The fraction of sp³-hybridized carbons (Fsp3) is 0.591. The van der Waals surface area contributed by atoms with Crippen molar-refractivity contribution in [3.05, 3.63) is 35.1 Å². The van der Waals surface area contributed by atoms with E-state index in [4.69, 9.17) is 20.8 Å². The summed E-state index contributed by atoms with van der Waals surface area (Å²) in [7, 11) is 1.68. The molecule has 0 spiro atoms. The number of nitrogens with one attached hydrogen (secondary N) is 1. The van der Waals surface area contributed by atoms with Crippen molar-refractivity contribution < 1.29 is 13.7 Å². The molecule has 0 aliphatic heterocycles. The Labute approximate surface area is 187 Å². The SMILES string of the molecule is Cc1nc(/C(N)=C(\CNc2noc(C3(F)CCC3)n2)N(C)N)ccc1OC1CCCCC1. The fourth-order valence-corrected chi connectivity index (χ4v) is 4.08. The lowest BCUT2D eigenvalue weighted by Gasteiger charge is -2.29. The van der Waals surface area contributed by atoms with Crippen LogP contribution in [0.2, 0.25) is 0 Å². The van der Waals surface area contributed by atoms with Gasteiger partial charge in [-0.25, -0.2) is 15.2 Å². The van der Waals surface area contributed by atoms with Crippen LogP contribution in [0.5, 0.6) is 5.75 Å². The lowest BCUT2D eigenvalue weighted by atomic mass is 9.82. The second-order valence-electron chi connectivity index (χ2n) is 8.72. The van der Waals surface area contributed by atoms with Crippen LogP contribution >= 0.6 is 0 Å². The van der Waals surface area contributed by atoms with Crippen molar-refractivity contribution in [2.45, 2.75) is 70.1 Å². The van der Waals surface area contributed by atoms with E-state index in [-0.39, 0.29) is 24.5 Å². The number of nitrogens with zero attached hydrogens (tertiary/aromatic N) is 4. The lowest BCUT2D eigenvalue weighted by molar-refractivity contribution is 0.0242. The molecule has 2 aromatic rings. The van der Waals surface area contributed by atoms with E-state index in [2.05, 4.69) is 20.4 Å². The molecule has 0 aromatic carbocycles. The van der Waals surface area contributed by atoms with Crippen molar-refractivity contribution in [3.63, 3.8) is 0 Å². The second kappa shape index (κ2) is 9.32. The Morgan fingerprint density at radius 2 is 2.00 bits per heavy atom. The summed E-state index contributed by atoms with van der Waals surface area (Å²) < 4.78 is 25.7. The number of nitrogens with two attached hydrogens (primary N) is 2. The molecule has 10 heteroatoms. The molecule has 2 aromatic heterocycles. The van der Waals surface area contributed by atoms with E-state index in [1.807, 2.05) is 19.1 Å². The van der Waals surface area contributed by atoms with E-state index in [1.165, 1.54) is 24.3 Å². The van der Waals surface area contributed by atoms with Gasteiger partial charge in [0, 0.05) is 7.05 Å². The number of aromatic nitrogens is 3. The third kappa shape index (κ3) is 4.79. The predicted molar refractivity (Wildman–Crippen MR) is 119 cm³/mol. The molecule has 2 aliphatic carbocycles. The van der Waals surface area contributed by atoms with E-state index in [0.717, 1.165) is 30.7 Å². The Hall–Kier alpha value is -2.88. The summed E-state index contributed by atoms with van der Waals surface area (Å²) in [4.78, 5) is 8.76. The molecule has 2 aliphatic rings. The van der Waals surface area contributed by atoms with Gasteiger partial charge in [-0.05, 0) is 69.2 Å². The summed E-state index contributed by atoms with van der Waals surface area (Å²) in [5, 5.41) is 8.23. The number of ether oxygens (including phenoxy) is 1. The van der Waals surface area contributed by atoms with E-state index >= 15 is 0 Å². The van der Waals surface area contributed by atoms with Gasteiger partial charge in [0.15, 0.2) is 5.67 Å². The molecule has 4 rings (SSSR count). The summed E-state index contributed by atoms with van der Waals surface area (Å²) in [6, 6.07) is 3.74. The minimum Gasteiger partial charge on any atom is -0.489 e. The molecular formula is C22H32FN7O2. The zero-order valence-electron chi connectivity index (χ0n) is 18.7. The van der Waals surface area contributed by atoms with E-state index in [0.29, 0.717) is 29.9 Å². The van der Waals surface area contributed by atoms with Gasteiger partial charge in [-0.15, -0.1) is 0 Å². The number of likely N-dealkylation sites (N-methyl/N-ethyl adjacent to an activating group) is 1. The first kappa shape index (κ1) is 22.3. The van der Waals surface area contributed by atoms with Gasteiger partial charge in [0.2, 0.25) is 0 Å². The van der Waals surface area contributed by atoms with Crippen LogP contribution < -0.4 is 21.6 Å². The molecule has 32 heavy (non-hydrogen) atoms. The van der Waals surface area contributed by atoms with Gasteiger partial charge in [0.05, 0.1) is 35.4 Å². The molecule has 0 atom stereocenters. The first-order valence-corrected chi connectivity index (χ1v) is 11.2. The number of hydrogen-bond acceptors (Lipinski definition) is 9. The van der Waals surface area contributed by atoms with Crippen LogP contribution in [-0.2, 0) is 5.67 Å². The maximum absolute atomic E-state index is 14.4. The van der Waals surface area contributed by atoms with Crippen molar-refractivity contribution in [3.8, 4) is 5.75 Å².